The summed E-state index contributed by atoms with van der Waals surface area (Å²) in [6.07, 6.45) is 2.85. The van der Waals surface area contributed by atoms with E-state index in [1.54, 1.807) is 0 Å². The first-order valence-corrected chi connectivity index (χ1v) is 5.45. The summed E-state index contributed by atoms with van der Waals surface area (Å²) in [7, 11) is 0. The average molecular weight is 227 g/mol. The summed E-state index contributed by atoms with van der Waals surface area (Å²) in [6, 6.07) is 3.64. The fourth-order valence-corrected chi connectivity index (χ4v) is 2.03. The molecule has 88 valence electrons. The summed E-state index contributed by atoms with van der Waals surface area (Å²) in [5.74, 6) is -1.14. The van der Waals surface area contributed by atoms with E-state index >= 15 is 0 Å². The van der Waals surface area contributed by atoms with Crippen LogP contribution in [0.2, 0.25) is 0 Å². The van der Waals surface area contributed by atoms with Crippen molar-refractivity contribution in [2.24, 2.45) is 5.73 Å². The Balaban J connectivity index is 1.89. The lowest BCUT2D eigenvalue weighted by Gasteiger charge is -2.11. The summed E-state index contributed by atoms with van der Waals surface area (Å²) >= 11 is 0. The number of halogens is 2. The van der Waals surface area contributed by atoms with E-state index in [0.717, 1.165) is 25.3 Å². The third-order valence-corrected chi connectivity index (χ3v) is 2.83. The number of benzene rings is 1. The molecular formula is C12H15F2NO. The maximum atomic E-state index is 12.9. The van der Waals surface area contributed by atoms with Gasteiger partial charge in [-0.25, -0.2) is 8.78 Å². The molecule has 0 aliphatic heterocycles. The number of nitrogens with two attached hydrogens (primary N) is 1. The van der Waals surface area contributed by atoms with Gasteiger partial charge in [0.05, 0.1) is 12.7 Å². The Morgan fingerprint density at radius 1 is 1.19 bits per heavy atom. The van der Waals surface area contributed by atoms with Crippen molar-refractivity contribution in [3.8, 4) is 0 Å². The van der Waals surface area contributed by atoms with Crippen LogP contribution in [-0.4, -0.2) is 12.1 Å². The largest absolute Gasteiger partial charge is 0.373 e. The molecule has 1 aromatic carbocycles. The maximum Gasteiger partial charge on any atom is 0.126 e. The first-order chi connectivity index (χ1) is 7.63. The van der Waals surface area contributed by atoms with E-state index in [1.807, 2.05) is 0 Å². The zero-order chi connectivity index (χ0) is 11.5. The van der Waals surface area contributed by atoms with Crippen LogP contribution >= 0.6 is 0 Å². The Kier molecular flexibility index (Phi) is 3.51. The number of hydrogen-bond donors (Lipinski definition) is 1. The van der Waals surface area contributed by atoms with E-state index in [2.05, 4.69) is 0 Å². The van der Waals surface area contributed by atoms with Crippen LogP contribution in [0.1, 0.15) is 24.8 Å². The highest BCUT2D eigenvalue weighted by atomic mass is 19.1. The minimum Gasteiger partial charge on any atom is -0.373 e. The van der Waals surface area contributed by atoms with Crippen molar-refractivity contribution >= 4 is 0 Å². The Bertz CT molecular complexity index is 350. The molecular weight excluding hydrogens is 212 g/mol. The van der Waals surface area contributed by atoms with Crippen LogP contribution in [-0.2, 0) is 11.3 Å². The maximum absolute atomic E-state index is 12.9. The van der Waals surface area contributed by atoms with Gasteiger partial charge in [0.1, 0.15) is 11.6 Å². The van der Waals surface area contributed by atoms with Crippen molar-refractivity contribution in [2.45, 2.75) is 38.0 Å². The van der Waals surface area contributed by atoms with Gasteiger partial charge in [-0.15, -0.1) is 0 Å². The molecule has 16 heavy (non-hydrogen) atoms. The molecule has 0 bridgehead atoms. The molecule has 1 aliphatic rings. The van der Waals surface area contributed by atoms with E-state index in [-0.39, 0.29) is 18.8 Å². The topological polar surface area (TPSA) is 35.2 Å². The lowest BCUT2D eigenvalue weighted by Crippen LogP contribution is -2.17. The molecule has 1 aliphatic carbocycles. The highest BCUT2D eigenvalue weighted by Crippen LogP contribution is 2.21. The smallest absolute Gasteiger partial charge is 0.126 e. The molecule has 1 fully saturated rings. The fraction of sp³-hybridized carbons (Fsp3) is 0.500. The molecule has 2 atom stereocenters. The van der Waals surface area contributed by atoms with Gasteiger partial charge >= 0.3 is 0 Å². The molecule has 0 amide bonds. The van der Waals surface area contributed by atoms with Gasteiger partial charge in [-0.05, 0) is 37.0 Å². The molecule has 0 spiro atoms. The first-order valence-electron chi connectivity index (χ1n) is 5.45. The van der Waals surface area contributed by atoms with Crippen LogP contribution < -0.4 is 5.73 Å². The Morgan fingerprint density at radius 3 is 2.44 bits per heavy atom. The third kappa shape index (κ3) is 3.00. The van der Waals surface area contributed by atoms with E-state index in [9.17, 15) is 8.78 Å². The van der Waals surface area contributed by atoms with Crippen LogP contribution in [0.25, 0.3) is 0 Å². The molecule has 1 saturated carbocycles. The second kappa shape index (κ2) is 4.89. The normalized spacial score (nSPS) is 24.9. The van der Waals surface area contributed by atoms with Crippen molar-refractivity contribution in [3.63, 3.8) is 0 Å². The summed E-state index contributed by atoms with van der Waals surface area (Å²) in [4.78, 5) is 0. The quantitative estimate of drug-likeness (QED) is 0.860. The second-order valence-corrected chi connectivity index (χ2v) is 4.28. The molecule has 2 nitrogen and oxygen atoms in total. The molecule has 1 aromatic rings. The zero-order valence-electron chi connectivity index (χ0n) is 8.96. The monoisotopic (exact) mass is 227 g/mol. The minimum absolute atomic E-state index is 0.126. The van der Waals surface area contributed by atoms with Crippen molar-refractivity contribution in [3.05, 3.63) is 35.4 Å². The van der Waals surface area contributed by atoms with Crippen molar-refractivity contribution in [2.75, 3.05) is 0 Å². The van der Waals surface area contributed by atoms with Gasteiger partial charge in [0, 0.05) is 12.1 Å². The summed E-state index contributed by atoms with van der Waals surface area (Å²) < 4.78 is 31.3. The first kappa shape index (κ1) is 11.5. The molecule has 2 N–H and O–H groups in total. The summed E-state index contributed by atoms with van der Waals surface area (Å²) in [5.41, 5.74) is 6.27. The Labute approximate surface area is 93.4 Å². The van der Waals surface area contributed by atoms with Crippen LogP contribution in [0.4, 0.5) is 8.78 Å². The van der Waals surface area contributed by atoms with Gasteiger partial charge in [0.15, 0.2) is 0 Å². The molecule has 4 heteroatoms. The molecule has 0 heterocycles. The van der Waals surface area contributed by atoms with Crippen LogP contribution in [0.15, 0.2) is 18.2 Å². The molecule has 0 aromatic heterocycles. The van der Waals surface area contributed by atoms with Gasteiger partial charge in [0.25, 0.3) is 0 Å². The third-order valence-electron chi connectivity index (χ3n) is 2.83. The summed E-state index contributed by atoms with van der Waals surface area (Å²) in [6.45, 7) is 0.242. The molecule has 0 saturated heterocycles. The molecule has 2 unspecified atom stereocenters. The Hall–Kier alpha value is -1.00. The van der Waals surface area contributed by atoms with E-state index in [0.29, 0.717) is 5.56 Å². The van der Waals surface area contributed by atoms with Crippen molar-refractivity contribution in [1.29, 1.82) is 0 Å². The van der Waals surface area contributed by atoms with Gasteiger partial charge in [-0.2, -0.15) is 0 Å². The average Bonchev–Trinajstić information content (AvgIpc) is 2.60. The number of hydrogen-bond acceptors (Lipinski definition) is 2. The van der Waals surface area contributed by atoms with Gasteiger partial charge in [-0.3, -0.25) is 0 Å². The molecule has 0 radical (unpaired) electrons. The lowest BCUT2D eigenvalue weighted by molar-refractivity contribution is 0.0446. The second-order valence-electron chi connectivity index (χ2n) is 4.28. The van der Waals surface area contributed by atoms with Crippen molar-refractivity contribution in [1.82, 2.24) is 0 Å². The summed E-state index contributed by atoms with van der Waals surface area (Å²) in [5, 5.41) is 0. The van der Waals surface area contributed by atoms with Crippen LogP contribution in [0.5, 0.6) is 0 Å². The van der Waals surface area contributed by atoms with Gasteiger partial charge in [-0.1, -0.05) is 0 Å². The zero-order valence-corrected chi connectivity index (χ0v) is 8.96. The van der Waals surface area contributed by atoms with Crippen LogP contribution in [0.3, 0.4) is 0 Å². The highest BCUT2D eigenvalue weighted by molar-refractivity contribution is 5.17. The number of rotatable bonds is 3. The van der Waals surface area contributed by atoms with E-state index in [1.165, 1.54) is 12.1 Å². The fourth-order valence-electron chi connectivity index (χ4n) is 2.03. The van der Waals surface area contributed by atoms with E-state index < -0.39 is 11.6 Å². The van der Waals surface area contributed by atoms with Gasteiger partial charge in [0.2, 0.25) is 0 Å². The van der Waals surface area contributed by atoms with Crippen LogP contribution in [0, 0.1) is 11.6 Å². The standard InChI is InChI=1S/C12H15F2NO/c13-9-3-8(4-10(14)5-9)7-16-12-2-1-11(15)6-12/h3-5,11-12H,1-2,6-7,15H2. The Morgan fingerprint density at radius 2 is 1.88 bits per heavy atom. The molecule has 2 rings (SSSR count). The minimum atomic E-state index is -0.568. The van der Waals surface area contributed by atoms with Gasteiger partial charge < -0.3 is 10.5 Å². The predicted octanol–water partition coefficient (Wildman–Crippen LogP) is 2.36. The predicted molar refractivity (Wildman–Crippen MR) is 56.8 cm³/mol. The number of ether oxygens (including phenoxy) is 1. The van der Waals surface area contributed by atoms with E-state index in [4.69, 9.17) is 10.5 Å². The SMILES string of the molecule is NC1CCC(OCc2cc(F)cc(F)c2)C1. The lowest BCUT2D eigenvalue weighted by atomic mass is 10.2. The highest BCUT2D eigenvalue weighted by Gasteiger charge is 2.22. The van der Waals surface area contributed by atoms with Crippen molar-refractivity contribution < 1.29 is 13.5 Å².